The number of piperidine rings is 1. The van der Waals surface area contributed by atoms with E-state index in [4.69, 9.17) is 11.6 Å². The minimum Gasteiger partial charge on any atom is -0.320 e. The Balaban J connectivity index is 2.13. The second kappa shape index (κ2) is 5.99. The van der Waals surface area contributed by atoms with Gasteiger partial charge < -0.3 is 10.6 Å². The summed E-state index contributed by atoms with van der Waals surface area (Å²) in [5, 5.41) is 16.9. The molecule has 1 aromatic carbocycles. The van der Waals surface area contributed by atoms with Gasteiger partial charge in [-0.15, -0.1) is 0 Å². The van der Waals surface area contributed by atoms with E-state index < -0.39 is 4.92 Å². The van der Waals surface area contributed by atoms with Gasteiger partial charge >= 0.3 is 0 Å². The lowest BCUT2D eigenvalue weighted by Gasteiger charge is -2.21. The summed E-state index contributed by atoms with van der Waals surface area (Å²) in [4.78, 5) is 22.4. The number of amides is 1. The Morgan fingerprint density at radius 3 is 2.95 bits per heavy atom. The van der Waals surface area contributed by atoms with Gasteiger partial charge in [-0.25, -0.2) is 0 Å². The molecule has 0 saturated carbocycles. The third kappa shape index (κ3) is 3.42. The highest BCUT2D eigenvalue weighted by Crippen LogP contribution is 2.28. The summed E-state index contributed by atoms with van der Waals surface area (Å²) < 4.78 is 0. The molecule has 1 atom stereocenters. The molecule has 7 heteroatoms. The van der Waals surface area contributed by atoms with Crippen molar-refractivity contribution < 1.29 is 9.72 Å². The minimum atomic E-state index is -0.555. The topological polar surface area (TPSA) is 84.3 Å². The summed E-state index contributed by atoms with van der Waals surface area (Å²) in [6.45, 7) is 1.51. The molecular formula is C12H14ClN3O3. The number of hydrogen-bond acceptors (Lipinski definition) is 4. The molecule has 1 aromatic rings. The summed E-state index contributed by atoms with van der Waals surface area (Å²) in [6, 6.07) is 4.20. The Morgan fingerprint density at radius 1 is 1.53 bits per heavy atom. The van der Waals surface area contributed by atoms with Crippen LogP contribution in [0.15, 0.2) is 18.2 Å². The minimum absolute atomic E-state index is 0.149. The fourth-order valence-electron chi connectivity index (χ4n) is 2.07. The lowest BCUT2D eigenvalue weighted by molar-refractivity contribution is -0.383. The molecule has 0 aliphatic carbocycles. The van der Waals surface area contributed by atoms with Crippen LogP contribution in [-0.4, -0.2) is 23.9 Å². The van der Waals surface area contributed by atoms with Gasteiger partial charge in [0.15, 0.2) is 0 Å². The molecule has 2 N–H and O–H groups in total. The van der Waals surface area contributed by atoms with Crippen LogP contribution in [-0.2, 0) is 4.79 Å². The van der Waals surface area contributed by atoms with Crippen molar-refractivity contribution in [3.05, 3.63) is 33.3 Å². The molecule has 1 unspecified atom stereocenters. The number of anilines is 1. The molecule has 2 rings (SSSR count). The van der Waals surface area contributed by atoms with E-state index >= 15 is 0 Å². The van der Waals surface area contributed by atoms with Gasteiger partial charge in [-0.1, -0.05) is 11.6 Å². The first-order valence-electron chi connectivity index (χ1n) is 6.03. The fourth-order valence-corrected chi connectivity index (χ4v) is 2.24. The summed E-state index contributed by atoms with van der Waals surface area (Å²) >= 11 is 5.72. The van der Waals surface area contributed by atoms with Gasteiger partial charge in [0.05, 0.1) is 10.8 Å². The number of benzene rings is 1. The van der Waals surface area contributed by atoms with E-state index in [0.29, 0.717) is 6.54 Å². The highest BCUT2D eigenvalue weighted by molar-refractivity contribution is 6.31. The first-order valence-corrected chi connectivity index (χ1v) is 6.41. The first-order chi connectivity index (χ1) is 9.08. The van der Waals surface area contributed by atoms with Crippen LogP contribution in [0.25, 0.3) is 0 Å². The predicted octanol–water partition coefficient (Wildman–Crippen LogP) is 2.19. The number of nitro benzene ring substituents is 1. The van der Waals surface area contributed by atoms with Crippen molar-refractivity contribution in [3.8, 4) is 0 Å². The Hall–Kier alpha value is -1.66. The molecule has 1 heterocycles. The molecule has 0 spiro atoms. The molecule has 0 aromatic heterocycles. The van der Waals surface area contributed by atoms with Gasteiger partial charge in [0, 0.05) is 17.6 Å². The second-order valence-electron chi connectivity index (χ2n) is 4.45. The van der Waals surface area contributed by atoms with Gasteiger partial charge in [0.2, 0.25) is 5.91 Å². The summed E-state index contributed by atoms with van der Waals surface area (Å²) in [5.74, 6) is -0.346. The van der Waals surface area contributed by atoms with Crippen LogP contribution in [0.2, 0.25) is 5.02 Å². The number of halogens is 1. The van der Waals surface area contributed by atoms with Crippen LogP contribution >= 0.6 is 11.6 Å². The summed E-state index contributed by atoms with van der Waals surface area (Å²) in [6.07, 6.45) is 1.72. The van der Waals surface area contributed by atoms with Crippen molar-refractivity contribution in [3.63, 3.8) is 0 Å². The highest BCUT2D eigenvalue weighted by Gasteiger charge is 2.23. The van der Waals surface area contributed by atoms with Gasteiger partial charge in [0.1, 0.15) is 5.69 Å². The van der Waals surface area contributed by atoms with Crippen LogP contribution < -0.4 is 10.6 Å². The van der Waals surface area contributed by atoms with Crippen LogP contribution in [0.1, 0.15) is 12.8 Å². The lowest BCUT2D eigenvalue weighted by atomic mass is 9.99. The average Bonchev–Trinajstić information content (AvgIpc) is 2.41. The van der Waals surface area contributed by atoms with Crippen molar-refractivity contribution in [1.29, 1.82) is 0 Å². The Kier molecular flexibility index (Phi) is 4.34. The molecule has 1 fully saturated rings. The number of rotatable bonds is 3. The van der Waals surface area contributed by atoms with Crippen LogP contribution in [0.5, 0.6) is 0 Å². The van der Waals surface area contributed by atoms with E-state index in [1.807, 2.05) is 0 Å². The maximum Gasteiger partial charge on any atom is 0.294 e. The largest absolute Gasteiger partial charge is 0.320 e. The normalized spacial score (nSPS) is 18.9. The third-order valence-corrected chi connectivity index (χ3v) is 3.32. The summed E-state index contributed by atoms with van der Waals surface area (Å²) in [5.41, 5.74) is -0.00501. The van der Waals surface area contributed by atoms with E-state index in [0.717, 1.165) is 19.4 Å². The zero-order chi connectivity index (χ0) is 13.8. The van der Waals surface area contributed by atoms with Crippen molar-refractivity contribution in [1.82, 2.24) is 5.32 Å². The second-order valence-corrected chi connectivity index (χ2v) is 4.89. The Labute approximate surface area is 115 Å². The standard InChI is InChI=1S/C12H14ClN3O3/c13-9-3-4-10(11(6-9)16(18)19)15-12(17)8-2-1-5-14-7-8/h3-4,6,8,14H,1-2,5,7H2,(H,15,17). The fraction of sp³-hybridized carbons (Fsp3) is 0.417. The zero-order valence-corrected chi connectivity index (χ0v) is 10.9. The molecule has 0 bridgehead atoms. The van der Waals surface area contributed by atoms with Crippen LogP contribution in [0.4, 0.5) is 11.4 Å². The number of carbonyl (C=O) groups excluding carboxylic acids is 1. The van der Waals surface area contributed by atoms with Crippen molar-refractivity contribution in [2.75, 3.05) is 18.4 Å². The smallest absolute Gasteiger partial charge is 0.294 e. The summed E-state index contributed by atoms with van der Waals surface area (Å²) in [7, 11) is 0. The monoisotopic (exact) mass is 283 g/mol. The van der Waals surface area contributed by atoms with Gasteiger partial charge in [-0.05, 0) is 31.5 Å². The third-order valence-electron chi connectivity index (χ3n) is 3.08. The first kappa shape index (κ1) is 13.8. The lowest BCUT2D eigenvalue weighted by Crippen LogP contribution is -2.37. The number of carbonyl (C=O) groups is 1. The SMILES string of the molecule is O=C(Nc1ccc(Cl)cc1[N+](=O)[O-])C1CCCNC1. The predicted molar refractivity (Wildman–Crippen MR) is 72.3 cm³/mol. The zero-order valence-electron chi connectivity index (χ0n) is 10.2. The van der Waals surface area contributed by atoms with E-state index in [2.05, 4.69) is 10.6 Å². The average molecular weight is 284 g/mol. The van der Waals surface area contributed by atoms with Crippen LogP contribution in [0, 0.1) is 16.0 Å². The maximum atomic E-state index is 12.0. The number of nitrogens with one attached hydrogen (secondary N) is 2. The quantitative estimate of drug-likeness (QED) is 0.658. The van der Waals surface area contributed by atoms with Gasteiger partial charge in [0.25, 0.3) is 5.69 Å². The number of hydrogen-bond donors (Lipinski definition) is 2. The molecule has 0 radical (unpaired) electrons. The number of nitro groups is 1. The molecule has 1 aliphatic heterocycles. The van der Waals surface area contributed by atoms with E-state index in [-0.39, 0.29) is 28.2 Å². The molecule has 1 saturated heterocycles. The van der Waals surface area contributed by atoms with E-state index in [1.165, 1.54) is 18.2 Å². The van der Waals surface area contributed by atoms with Crippen molar-refractivity contribution in [2.24, 2.45) is 5.92 Å². The highest BCUT2D eigenvalue weighted by atomic mass is 35.5. The molecule has 1 amide bonds. The van der Waals surface area contributed by atoms with Crippen molar-refractivity contribution >= 4 is 28.9 Å². The van der Waals surface area contributed by atoms with E-state index in [9.17, 15) is 14.9 Å². The molecular weight excluding hydrogens is 270 g/mol. The van der Waals surface area contributed by atoms with E-state index in [1.54, 1.807) is 0 Å². The van der Waals surface area contributed by atoms with Crippen LogP contribution in [0.3, 0.4) is 0 Å². The van der Waals surface area contributed by atoms with Crippen molar-refractivity contribution in [2.45, 2.75) is 12.8 Å². The van der Waals surface area contributed by atoms with Gasteiger partial charge in [-0.3, -0.25) is 14.9 Å². The molecule has 6 nitrogen and oxygen atoms in total. The number of nitrogens with zero attached hydrogens (tertiary/aromatic N) is 1. The Morgan fingerprint density at radius 2 is 2.32 bits per heavy atom. The molecule has 1 aliphatic rings. The van der Waals surface area contributed by atoms with Gasteiger partial charge in [-0.2, -0.15) is 0 Å². The molecule has 102 valence electrons. The molecule has 19 heavy (non-hydrogen) atoms. The Bertz CT molecular complexity index is 501. The maximum absolute atomic E-state index is 12.0.